The summed E-state index contributed by atoms with van der Waals surface area (Å²) in [7, 11) is 0. The Morgan fingerprint density at radius 3 is 2.41 bits per heavy atom. The zero-order valence-corrected chi connectivity index (χ0v) is 17.5. The molecular formula is C19H25Cl2FN6O. The molecule has 0 spiro atoms. The second-order valence-electron chi connectivity index (χ2n) is 7.30. The quantitative estimate of drug-likeness (QED) is 0.751. The number of carbonyl (C=O) groups is 1. The van der Waals surface area contributed by atoms with Crippen LogP contribution >= 0.6 is 24.8 Å². The maximum atomic E-state index is 13.0. The fourth-order valence-corrected chi connectivity index (χ4v) is 3.63. The van der Waals surface area contributed by atoms with E-state index in [2.05, 4.69) is 9.97 Å². The molecule has 1 amide bonds. The van der Waals surface area contributed by atoms with Gasteiger partial charge in [0.05, 0.1) is 12.2 Å². The Kier molecular flexibility index (Phi) is 7.62. The summed E-state index contributed by atoms with van der Waals surface area (Å²) in [6.45, 7) is 1.95. The number of carbonyl (C=O) groups excluding carboxylic acids is 1. The lowest BCUT2D eigenvalue weighted by molar-refractivity contribution is -0.131. The number of anilines is 2. The first-order valence-electron chi connectivity index (χ1n) is 9.15. The highest BCUT2D eigenvalue weighted by Crippen LogP contribution is 2.36. The molecule has 4 rings (SSSR count). The summed E-state index contributed by atoms with van der Waals surface area (Å²) >= 11 is 0. The second-order valence-corrected chi connectivity index (χ2v) is 7.30. The molecule has 10 heteroatoms. The Morgan fingerprint density at radius 2 is 1.79 bits per heavy atom. The van der Waals surface area contributed by atoms with Crippen molar-refractivity contribution in [2.24, 2.45) is 5.73 Å². The van der Waals surface area contributed by atoms with Crippen LogP contribution in [0.3, 0.4) is 0 Å². The number of nitrogens with two attached hydrogens (primary N) is 2. The van der Waals surface area contributed by atoms with Gasteiger partial charge < -0.3 is 21.3 Å². The Morgan fingerprint density at radius 1 is 1.10 bits per heavy atom. The minimum absolute atomic E-state index is 0. The second kappa shape index (κ2) is 9.56. The maximum Gasteiger partial charge on any atom is 0.242 e. The standard InChI is InChI=1S/C19H23FN6O.2ClH/c20-14-3-1-12(2-4-14)10-26-6-5-25(11-18(26)27)17-9-16(23-19(22)24-17)13-7-15(21)8-13;;/h1-4,9,13,15H,5-8,10-11,21H2,(H2,22,23,24);2*1H. The van der Waals surface area contributed by atoms with Crippen molar-refractivity contribution >= 4 is 42.5 Å². The lowest BCUT2D eigenvalue weighted by Crippen LogP contribution is -2.50. The van der Waals surface area contributed by atoms with Crippen LogP contribution in [0.1, 0.15) is 30.0 Å². The van der Waals surface area contributed by atoms with E-state index in [9.17, 15) is 9.18 Å². The zero-order chi connectivity index (χ0) is 19.0. The van der Waals surface area contributed by atoms with Crippen molar-refractivity contribution in [3.05, 3.63) is 47.4 Å². The van der Waals surface area contributed by atoms with Crippen LogP contribution in [0, 0.1) is 5.82 Å². The van der Waals surface area contributed by atoms with E-state index < -0.39 is 0 Å². The number of nitrogens with zero attached hydrogens (tertiary/aromatic N) is 4. The average molecular weight is 443 g/mol. The van der Waals surface area contributed by atoms with E-state index in [0.717, 1.165) is 24.1 Å². The first-order chi connectivity index (χ1) is 13.0. The number of rotatable bonds is 4. The van der Waals surface area contributed by atoms with Gasteiger partial charge >= 0.3 is 0 Å². The van der Waals surface area contributed by atoms with Gasteiger partial charge in [-0.15, -0.1) is 24.8 Å². The van der Waals surface area contributed by atoms with Gasteiger partial charge in [-0.1, -0.05) is 12.1 Å². The SMILES string of the molecule is Cl.Cl.Nc1nc(C2CC(N)C2)cc(N2CCN(Cc3ccc(F)cc3)C(=O)C2)n1. The minimum Gasteiger partial charge on any atom is -0.368 e. The summed E-state index contributed by atoms with van der Waals surface area (Å²) in [6, 6.07) is 8.38. The Balaban J connectivity index is 0.00000150. The monoisotopic (exact) mass is 442 g/mol. The minimum atomic E-state index is -0.278. The van der Waals surface area contributed by atoms with Crippen LogP contribution in [-0.2, 0) is 11.3 Å². The Bertz CT molecular complexity index is 847. The third-order valence-corrected chi connectivity index (χ3v) is 5.27. The van der Waals surface area contributed by atoms with Crippen LogP contribution in [-0.4, -0.2) is 46.5 Å². The smallest absolute Gasteiger partial charge is 0.242 e. The molecule has 2 fully saturated rings. The summed E-state index contributed by atoms with van der Waals surface area (Å²) in [5, 5.41) is 0. The van der Waals surface area contributed by atoms with Crippen LogP contribution in [0.15, 0.2) is 30.3 Å². The van der Waals surface area contributed by atoms with Crippen molar-refractivity contribution < 1.29 is 9.18 Å². The molecule has 1 saturated carbocycles. The number of nitrogen functional groups attached to an aromatic ring is 1. The van der Waals surface area contributed by atoms with Gasteiger partial charge in [-0.2, -0.15) is 4.98 Å². The fraction of sp³-hybridized carbons (Fsp3) is 0.421. The highest BCUT2D eigenvalue weighted by Gasteiger charge is 2.30. The van der Waals surface area contributed by atoms with E-state index in [1.807, 2.05) is 11.0 Å². The molecule has 7 nitrogen and oxygen atoms in total. The van der Waals surface area contributed by atoms with Gasteiger partial charge in [-0.3, -0.25) is 4.79 Å². The van der Waals surface area contributed by atoms with Crippen LogP contribution < -0.4 is 16.4 Å². The van der Waals surface area contributed by atoms with Crippen molar-refractivity contribution in [1.82, 2.24) is 14.9 Å². The molecule has 0 radical (unpaired) electrons. The molecule has 1 saturated heterocycles. The highest BCUT2D eigenvalue weighted by atomic mass is 35.5. The van der Waals surface area contributed by atoms with Crippen molar-refractivity contribution in [2.75, 3.05) is 30.3 Å². The van der Waals surface area contributed by atoms with E-state index in [1.165, 1.54) is 12.1 Å². The Hall–Kier alpha value is -2.16. The van der Waals surface area contributed by atoms with E-state index in [-0.39, 0.29) is 55.1 Å². The molecule has 158 valence electrons. The summed E-state index contributed by atoms with van der Waals surface area (Å²) in [5.41, 5.74) is 13.6. The number of halogens is 3. The van der Waals surface area contributed by atoms with Gasteiger partial charge in [0.25, 0.3) is 0 Å². The van der Waals surface area contributed by atoms with E-state index in [0.29, 0.717) is 31.4 Å². The molecule has 1 aliphatic heterocycles. The molecule has 1 aromatic heterocycles. The lowest BCUT2D eigenvalue weighted by Gasteiger charge is -2.36. The molecule has 4 N–H and O–H groups in total. The first-order valence-corrected chi connectivity index (χ1v) is 9.15. The summed E-state index contributed by atoms with van der Waals surface area (Å²) in [6.07, 6.45) is 1.81. The molecule has 29 heavy (non-hydrogen) atoms. The van der Waals surface area contributed by atoms with Gasteiger partial charge in [0, 0.05) is 37.7 Å². The summed E-state index contributed by atoms with van der Waals surface area (Å²) < 4.78 is 13.0. The van der Waals surface area contributed by atoms with Crippen LogP contribution in [0.4, 0.5) is 16.2 Å². The molecule has 1 aromatic carbocycles. The molecule has 0 atom stereocenters. The van der Waals surface area contributed by atoms with E-state index in [4.69, 9.17) is 11.5 Å². The largest absolute Gasteiger partial charge is 0.368 e. The van der Waals surface area contributed by atoms with Crippen LogP contribution in [0.25, 0.3) is 0 Å². The molecular weight excluding hydrogens is 418 g/mol. The van der Waals surface area contributed by atoms with E-state index in [1.54, 1.807) is 17.0 Å². The Labute approximate surface area is 181 Å². The number of hydrogen-bond acceptors (Lipinski definition) is 6. The van der Waals surface area contributed by atoms with Crippen molar-refractivity contribution in [2.45, 2.75) is 31.3 Å². The van der Waals surface area contributed by atoms with Gasteiger partial charge in [0.1, 0.15) is 11.6 Å². The fourth-order valence-electron chi connectivity index (χ4n) is 3.63. The highest BCUT2D eigenvalue weighted by molar-refractivity contribution is 5.85. The van der Waals surface area contributed by atoms with Gasteiger partial charge in [-0.25, -0.2) is 9.37 Å². The van der Waals surface area contributed by atoms with Crippen molar-refractivity contribution in [3.8, 4) is 0 Å². The predicted octanol–water partition coefficient (Wildman–Crippen LogP) is 2.10. The third kappa shape index (κ3) is 5.26. The van der Waals surface area contributed by atoms with E-state index >= 15 is 0 Å². The maximum absolute atomic E-state index is 13.0. The normalized spacial score (nSPS) is 21.1. The number of amides is 1. The molecule has 2 heterocycles. The number of benzene rings is 1. The van der Waals surface area contributed by atoms with Crippen LogP contribution in [0.5, 0.6) is 0 Å². The van der Waals surface area contributed by atoms with Crippen molar-refractivity contribution in [3.63, 3.8) is 0 Å². The van der Waals surface area contributed by atoms with Gasteiger partial charge in [0.15, 0.2) is 0 Å². The molecule has 1 aliphatic carbocycles. The molecule has 2 aliphatic rings. The molecule has 0 bridgehead atoms. The average Bonchev–Trinajstić information content (AvgIpc) is 2.62. The number of hydrogen-bond donors (Lipinski definition) is 2. The first kappa shape index (κ1) is 23.1. The van der Waals surface area contributed by atoms with Gasteiger partial charge in [0.2, 0.25) is 11.9 Å². The third-order valence-electron chi connectivity index (χ3n) is 5.27. The summed E-state index contributed by atoms with van der Waals surface area (Å²) in [5.74, 6) is 0.964. The molecule has 0 unspecified atom stereocenters. The van der Waals surface area contributed by atoms with Crippen molar-refractivity contribution in [1.29, 1.82) is 0 Å². The van der Waals surface area contributed by atoms with Crippen LogP contribution in [0.2, 0.25) is 0 Å². The zero-order valence-electron chi connectivity index (χ0n) is 15.8. The molecule has 2 aromatic rings. The van der Waals surface area contributed by atoms with Gasteiger partial charge in [-0.05, 0) is 30.5 Å². The number of piperazine rings is 1. The summed E-state index contributed by atoms with van der Waals surface area (Å²) in [4.78, 5) is 25.0. The topological polar surface area (TPSA) is 101 Å². The number of aromatic nitrogens is 2. The lowest BCUT2D eigenvalue weighted by atomic mass is 9.78. The predicted molar refractivity (Wildman–Crippen MR) is 115 cm³/mol.